The van der Waals surface area contributed by atoms with Gasteiger partial charge in [0.05, 0.1) is 96.3 Å². The third-order valence-electron chi connectivity index (χ3n) is 17.6. The minimum absolute atomic E-state index is 0.0594. The van der Waals surface area contributed by atoms with E-state index in [-0.39, 0.29) is 68.8 Å². The molecule has 2 saturated heterocycles. The second kappa shape index (κ2) is 21.9. The second-order valence-corrected chi connectivity index (χ2v) is 22.7. The number of hydrogen-bond acceptors (Lipinski definition) is 22. The van der Waals surface area contributed by atoms with E-state index in [9.17, 15) is 69.6 Å². The van der Waals surface area contributed by atoms with Gasteiger partial charge in [0.1, 0.15) is 45.7 Å². The van der Waals surface area contributed by atoms with E-state index in [1.54, 1.807) is 13.8 Å². The number of carbonyl (C=O) groups excluding carboxylic acids is 6. The van der Waals surface area contributed by atoms with Gasteiger partial charge in [0, 0.05) is 85.0 Å². The Balaban J connectivity index is 0.718. The van der Waals surface area contributed by atoms with Gasteiger partial charge in [-0.1, -0.05) is 48.5 Å². The topological polar surface area (TPSA) is 344 Å². The predicted molar refractivity (Wildman–Crippen MR) is 292 cm³/mol. The summed E-state index contributed by atoms with van der Waals surface area (Å²) < 4.78 is 35.9. The molecule has 442 valence electrons. The SMILES string of the molecule is COc1cccc2c1C(=O)c1c(O)c3c(c(O)c1C2=O)CC(O)(C(C)=O)CC3OC1CC(O)C(NCc2ccc(CNC3C(O)CC(OC4CC(O)(C(C)=O)Cc5c(O)c6c(c(O)c54)C(=O)c4c(OC)cccc4C6=O)OC3C)cc2)C(C)O1. The zero-order chi connectivity index (χ0) is 60.2. The molecule has 2 fully saturated rings. The van der Waals surface area contributed by atoms with Crippen molar-refractivity contribution >= 4 is 34.7 Å². The van der Waals surface area contributed by atoms with Gasteiger partial charge in [-0.3, -0.25) is 28.8 Å². The molecule has 22 nitrogen and oxygen atoms in total. The fourth-order valence-corrected chi connectivity index (χ4v) is 13.1. The number of rotatable bonds is 14. The summed E-state index contributed by atoms with van der Waals surface area (Å²) in [5.74, 6) is -6.98. The summed E-state index contributed by atoms with van der Waals surface area (Å²) in [5.41, 5.74) is -5.26. The van der Waals surface area contributed by atoms with Gasteiger partial charge in [0.2, 0.25) is 11.6 Å². The lowest BCUT2D eigenvalue weighted by molar-refractivity contribution is -0.247. The van der Waals surface area contributed by atoms with Crippen LogP contribution in [0.1, 0.15) is 163 Å². The van der Waals surface area contributed by atoms with Gasteiger partial charge in [-0.25, -0.2) is 0 Å². The van der Waals surface area contributed by atoms with E-state index in [1.165, 1.54) is 50.6 Å². The molecule has 11 rings (SSSR count). The molecule has 6 aliphatic rings. The molecule has 22 heteroatoms. The molecule has 84 heavy (non-hydrogen) atoms. The van der Waals surface area contributed by atoms with Gasteiger partial charge < -0.3 is 79.9 Å². The van der Waals surface area contributed by atoms with Crippen LogP contribution in [0.5, 0.6) is 34.5 Å². The van der Waals surface area contributed by atoms with Crippen molar-refractivity contribution in [1.82, 2.24) is 10.6 Å². The number of fused-ring (bicyclic) bond motifs is 6. The van der Waals surface area contributed by atoms with Crippen LogP contribution < -0.4 is 20.1 Å². The predicted octanol–water partition coefficient (Wildman–Crippen LogP) is 4.03. The highest BCUT2D eigenvalue weighted by Gasteiger charge is 2.52. The Morgan fingerprint density at radius 3 is 1.24 bits per heavy atom. The fraction of sp³-hybridized carbons (Fsp3) is 0.419. The molecule has 0 radical (unpaired) electrons. The number of nitrogens with one attached hydrogen (secondary N) is 2. The van der Waals surface area contributed by atoms with Crippen LogP contribution in [0, 0.1) is 0 Å². The number of phenolic OH excluding ortho intramolecular Hbond substituents is 4. The number of phenols is 4. The first-order valence-electron chi connectivity index (χ1n) is 27.6. The van der Waals surface area contributed by atoms with Crippen molar-refractivity contribution in [1.29, 1.82) is 0 Å². The highest BCUT2D eigenvalue weighted by molar-refractivity contribution is 6.32. The van der Waals surface area contributed by atoms with E-state index in [0.29, 0.717) is 13.1 Å². The van der Waals surface area contributed by atoms with Crippen LogP contribution in [-0.4, -0.2) is 150 Å². The van der Waals surface area contributed by atoms with Gasteiger partial charge in [0.25, 0.3) is 0 Å². The molecule has 0 spiro atoms. The average Bonchev–Trinajstić information content (AvgIpc) is 0.770. The number of ether oxygens (including phenoxy) is 6. The molecule has 5 aromatic carbocycles. The lowest BCUT2D eigenvalue weighted by Crippen LogP contribution is -2.55. The maximum atomic E-state index is 14.1. The molecule has 0 bridgehead atoms. The molecule has 2 heterocycles. The third-order valence-corrected chi connectivity index (χ3v) is 17.6. The Morgan fingerprint density at radius 2 is 0.905 bits per heavy atom. The summed E-state index contributed by atoms with van der Waals surface area (Å²) in [6, 6.07) is 15.1. The zero-order valence-electron chi connectivity index (χ0n) is 46.7. The molecule has 10 N–H and O–H groups in total. The normalized spacial score (nSPS) is 28.7. The number of methoxy groups -OCH3 is 2. The molecule has 12 unspecified atom stereocenters. The number of aliphatic hydroxyl groups is 4. The largest absolute Gasteiger partial charge is 0.507 e. The number of hydrogen-bond donors (Lipinski definition) is 10. The maximum absolute atomic E-state index is 14.1. The van der Waals surface area contributed by atoms with E-state index >= 15 is 0 Å². The highest BCUT2D eigenvalue weighted by Crippen LogP contribution is 2.55. The standard InChI is InChI=1S/C62H64N2O20/c1-25-51(35(67)17-41(81-25)83-39-21-61(77,27(3)65)19-33-45(39)59(75)49-47(55(33)71)53(69)31-9-7-11-37(79-5)43(31)57(49)73)63-23-29-13-15-30(16-14-29)24-64-52-26(2)82-42(18-36(52)68)84-40-22-62(78,28(4)66)20-34-46(40)60(76)50-48(56(34)72)54(70)32-10-8-12-38(80-6)44(32)58(50)74/h7-16,25-26,35-36,39-42,51-52,63-64,67-68,71-72,75-78H,17-24H2,1-6H3. The van der Waals surface area contributed by atoms with Gasteiger partial charge in [-0.05, 0) is 51.0 Å². The summed E-state index contributed by atoms with van der Waals surface area (Å²) in [6.45, 7) is 6.36. The summed E-state index contributed by atoms with van der Waals surface area (Å²) in [6.07, 6.45) is -10.6. The smallest absolute Gasteiger partial charge is 0.202 e. The Hall–Kier alpha value is -7.48. The van der Waals surface area contributed by atoms with Crippen molar-refractivity contribution in [3.05, 3.63) is 139 Å². The molecule has 5 aromatic rings. The monoisotopic (exact) mass is 1160 g/mol. The second-order valence-electron chi connectivity index (χ2n) is 22.7. The molecular weight excluding hydrogens is 1090 g/mol. The molecule has 0 amide bonds. The Bertz CT molecular complexity index is 3340. The number of carbonyl (C=O) groups is 6. The van der Waals surface area contributed by atoms with Crippen LogP contribution >= 0.6 is 0 Å². The van der Waals surface area contributed by atoms with E-state index in [2.05, 4.69) is 10.6 Å². The summed E-state index contributed by atoms with van der Waals surface area (Å²) in [5, 5.41) is 100. The van der Waals surface area contributed by atoms with Crippen LogP contribution in [0.4, 0.5) is 0 Å². The Morgan fingerprint density at radius 1 is 0.548 bits per heavy atom. The molecular formula is C62H64N2O20. The van der Waals surface area contributed by atoms with E-state index in [1.807, 2.05) is 24.3 Å². The van der Waals surface area contributed by atoms with E-state index in [4.69, 9.17) is 28.4 Å². The molecule has 0 saturated carbocycles. The van der Waals surface area contributed by atoms with Crippen molar-refractivity contribution in [2.24, 2.45) is 0 Å². The first-order chi connectivity index (χ1) is 39.9. The van der Waals surface area contributed by atoms with Crippen molar-refractivity contribution < 1.29 is 98.0 Å². The van der Waals surface area contributed by atoms with Crippen LogP contribution in [0.25, 0.3) is 0 Å². The molecule has 2 aliphatic heterocycles. The van der Waals surface area contributed by atoms with Gasteiger partial charge in [-0.15, -0.1) is 0 Å². The van der Waals surface area contributed by atoms with Gasteiger partial charge in [0.15, 0.2) is 35.7 Å². The number of aliphatic hydroxyl groups excluding tert-OH is 2. The highest BCUT2D eigenvalue weighted by atomic mass is 16.7. The Labute approximate surface area is 480 Å². The molecule has 0 aromatic heterocycles. The van der Waals surface area contributed by atoms with Crippen molar-refractivity contribution in [2.45, 2.75) is 152 Å². The number of aromatic hydroxyl groups is 4. The average molecular weight is 1160 g/mol. The summed E-state index contributed by atoms with van der Waals surface area (Å²) >= 11 is 0. The van der Waals surface area contributed by atoms with E-state index in [0.717, 1.165) is 25.0 Å². The minimum atomic E-state index is -2.11. The zero-order valence-corrected chi connectivity index (χ0v) is 46.7. The van der Waals surface area contributed by atoms with Gasteiger partial charge >= 0.3 is 0 Å². The number of Topliss-reactive ketones (excluding diaryl/α,β-unsaturated/α-hetero) is 2. The third kappa shape index (κ3) is 9.63. The summed E-state index contributed by atoms with van der Waals surface area (Å²) in [4.78, 5) is 81.8. The summed E-state index contributed by atoms with van der Waals surface area (Å²) in [7, 11) is 2.65. The molecule has 4 aliphatic carbocycles. The number of ketones is 6. The number of benzene rings is 5. The van der Waals surface area contributed by atoms with Gasteiger partial charge in [-0.2, -0.15) is 0 Å². The van der Waals surface area contributed by atoms with E-state index < -0.39 is 178 Å². The van der Waals surface area contributed by atoms with Crippen molar-refractivity contribution in [2.75, 3.05) is 14.2 Å². The van der Waals surface area contributed by atoms with Crippen LogP contribution in [0.3, 0.4) is 0 Å². The van der Waals surface area contributed by atoms with Crippen molar-refractivity contribution in [3.8, 4) is 34.5 Å². The quantitative estimate of drug-likeness (QED) is 0.0687. The first kappa shape index (κ1) is 58.3. The maximum Gasteiger partial charge on any atom is 0.202 e. The molecule has 12 atom stereocenters. The minimum Gasteiger partial charge on any atom is -0.507 e. The lowest BCUT2D eigenvalue weighted by Gasteiger charge is -2.43. The Kier molecular flexibility index (Phi) is 15.2. The lowest BCUT2D eigenvalue weighted by atomic mass is 9.72. The van der Waals surface area contributed by atoms with Crippen molar-refractivity contribution in [3.63, 3.8) is 0 Å². The van der Waals surface area contributed by atoms with Crippen LogP contribution in [-0.2, 0) is 54.5 Å². The first-order valence-corrected chi connectivity index (χ1v) is 27.6. The van der Waals surface area contributed by atoms with Crippen LogP contribution in [0.2, 0.25) is 0 Å². The van der Waals surface area contributed by atoms with Crippen LogP contribution in [0.15, 0.2) is 60.7 Å². The fourth-order valence-electron chi connectivity index (χ4n) is 13.1.